The summed E-state index contributed by atoms with van der Waals surface area (Å²) in [5.41, 5.74) is 0.0657. The van der Waals surface area contributed by atoms with Crippen molar-refractivity contribution in [3.05, 3.63) is 0 Å². The molecule has 0 bridgehead atoms. The van der Waals surface area contributed by atoms with Crippen LogP contribution >= 0.6 is 0 Å². The Labute approximate surface area is 94.8 Å². The predicted octanol–water partition coefficient (Wildman–Crippen LogP) is 2.97. The van der Waals surface area contributed by atoms with Crippen LogP contribution in [0.5, 0.6) is 0 Å². The van der Waals surface area contributed by atoms with Gasteiger partial charge >= 0.3 is 0 Å². The Bertz CT molecular complexity index is 179. The summed E-state index contributed by atoms with van der Waals surface area (Å²) in [4.78, 5) is 0. The quantitative estimate of drug-likeness (QED) is 0.732. The van der Waals surface area contributed by atoms with Crippen molar-refractivity contribution in [2.75, 3.05) is 13.7 Å². The van der Waals surface area contributed by atoms with Gasteiger partial charge < -0.3 is 10.1 Å². The molecule has 15 heavy (non-hydrogen) atoms. The highest BCUT2D eigenvalue weighted by Crippen LogP contribution is 2.31. The second-order valence-electron chi connectivity index (χ2n) is 5.44. The molecule has 2 atom stereocenters. The molecule has 1 saturated carbocycles. The Balaban J connectivity index is 2.19. The molecule has 0 saturated heterocycles. The highest BCUT2D eigenvalue weighted by molar-refractivity contribution is 4.82. The van der Waals surface area contributed by atoms with Crippen molar-refractivity contribution in [2.24, 2.45) is 5.92 Å². The number of hydrogen-bond donors (Lipinski definition) is 1. The van der Waals surface area contributed by atoms with E-state index < -0.39 is 0 Å². The van der Waals surface area contributed by atoms with Crippen molar-refractivity contribution in [2.45, 2.75) is 64.5 Å². The van der Waals surface area contributed by atoms with Crippen molar-refractivity contribution >= 4 is 0 Å². The van der Waals surface area contributed by atoms with E-state index >= 15 is 0 Å². The molecule has 1 N–H and O–H groups in total. The number of rotatable bonds is 6. The first-order valence-electron chi connectivity index (χ1n) is 6.36. The lowest BCUT2D eigenvalue weighted by atomic mass is 9.93. The third-order valence-corrected chi connectivity index (χ3v) is 3.74. The second kappa shape index (κ2) is 5.86. The van der Waals surface area contributed by atoms with Crippen molar-refractivity contribution in [1.29, 1.82) is 0 Å². The lowest BCUT2D eigenvalue weighted by molar-refractivity contribution is 0.0105. The molecule has 0 spiro atoms. The van der Waals surface area contributed by atoms with Gasteiger partial charge in [-0.05, 0) is 58.4 Å². The molecule has 2 unspecified atom stereocenters. The van der Waals surface area contributed by atoms with Crippen LogP contribution in [0.3, 0.4) is 0 Å². The van der Waals surface area contributed by atoms with Crippen molar-refractivity contribution in [3.63, 3.8) is 0 Å². The zero-order valence-corrected chi connectivity index (χ0v) is 10.8. The van der Waals surface area contributed by atoms with E-state index in [2.05, 4.69) is 26.1 Å². The molecule has 0 aromatic heterocycles. The summed E-state index contributed by atoms with van der Waals surface area (Å²) in [6.45, 7) is 7.68. The van der Waals surface area contributed by atoms with Gasteiger partial charge in [-0.15, -0.1) is 0 Å². The first kappa shape index (κ1) is 13.0. The van der Waals surface area contributed by atoms with Gasteiger partial charge in [0.05, 0.1) is 5.60 Å². The fourth-order valence-corrected chi connectivity index (χ4v) is 2.47. The monoisotopic (exact) mass is 213 g/mol. The van der Waals surface area contributed by atoms with Crippen molar-refractivity contribution in [3.8, 4) is 0 Å². The standard InChI is InChI=1S/C13H27NO/c1-5-14-12-7-6-11(10-12)8-9-13(2,3)15-4/h11-12,14H,5-10H2,1-4H3. The molecular weight excluding hydrogens is 186 g/mol. The Kier molecular flexibility index (Phi) is 5.07. The molecule has 1 aliphatic carbocycles. The molecule has 0 aromatic carbocycles. The fraction of sp³-hybridized carbons (Fsp3) is 1.00. The van der Waals surface area contributed by atoms with Crippen LogP contribution in [0.4, 0.5) is 0 Å². The molecular formula is C13H27NO. The van der Waals surface area contributed by atoms with Crippen LogP contribution in [-0.4, -0.2) is 25.3 Å². The largest absolute Gasteiger partial charge is 0.379 e. The summed E-state index contributed by atoms with van der Waals surface area (Å²) in [5, 5.41) is 3.55. The lowest BCUT2D eigenvalue weighted by Gasteiger charge is -2.24. The average Bonchev–Trinajstić information content (AvgIpc) is 2.64. The van der Waals surface area contributed by atoms with Crippen LogP contribution in [0.2, 0.25) is 0 Å². The number of nitrogens with one attached hydrogen (secondary N) is 1. The normalized spacial score (nSPS) is 27.2. The summed E-state index contributed by atoms with van der Waals surface area (Å²) in [5.74, 6) is 0.920. The number of methoxy groups -OCH3 is 1. The first-order chi connectivity index (χ1) is 7.07. The van der Waals surface area contributed by atoms with Crippen molar-refractivity contribution in [1.82, 2.24) is 5.32 Å². The Hall–Kier alpha value is -0.0800. The zero-order valence-electron chi connectivity index (χ0n) is 10.8. The topological polar surface area (TPSA) is 21.3 Å². The molecule has 0 heterocycles. The van der Waals surface area contributed by atoms with E-state index in [0.717, 1.165) is 18.5 Å². The maximum Gasteiger partial charge on any atom is 0.0622 e. The minimum Gasteiger partial charge on any atom is -0.379 e. The third-order valence-electron chi connectivity index (χ3n) is 3.74. The van der Waals surface area contributed by atoms with E-state index in [9.17, 15) is 0 Å². The highest BCUT2D eigenvalue weighted by atomic mass is 16.5. The molecule has 1 rings (SSSR count). The number of ether oxygens (including phenoxy) is 1. The first-order valence-corrected chi connectivity index (χ1v) is 6.36. The third kappa shape index (κ3) is 4.52. The van der Waals surface area contributed by atoms with E-state index in [1.54, 1.807) is 0 Å². The Morgan fingerprint density at radius 1 is 1.33 bits per heavy atom. The van der Waals surface area contributed by atoms with Gasteiger partial charge in [-0.25, -0.2) is 0 Å². The van der Waals surface area contributed by atoms with Crippen molar-refractivity contribution < 1.29 is 4.74 Å². The predicted molar refractivity (Wildman–Crippen MR) is 65.1 cm³/mol. The lowest BCUT2D eigenvalue weighted by Crippen LogP contribution is -2.26. The van der Waals surface area contributed by atoms with Crippen LogP contribution in [-0.2, 0) is 4.74 Å². The van der Waals surface area contributed by atoms with E-state index in [1.807, 2.05) is 7.11 Å². The Morgan fingerprint density at radius 2 is 2.07 bits per heavy atom. The van der Waals surface area contributed by atoms with Gasteiger partial charge in [-0.1, -0.05) is 6.92 Å². The molecule has 0 aliphatic heterocycles. The summed E-state index contributed by atoms with van der Waals surface area (Å²) in [6, 6.07) is 0.783. The van der Waals surface area contributed by atoms with Crippen LogP contribution in [0.25, 0.3) is 0 Å². The minimum absolute atomic E-state index is 0.0657. The smallest absolute Gasteiger partial charge is 0.0622 e. The van der Waals surface area contributed by atoms with Crippen LogP contribution in [0, 0.1) is 5.92 Å². The van der Waals surface area contributed by atoms with Gasteiger partial charge in [0, 0.05) is 13.2 Å². The SMILES string of the molecule is CCNC1CCC(CCC(C)(C)OC)C1. The summed E-state index contributed by atoms with van der Waals surface area (Å²) in [6.07, 6.45) is 6.65. The minimum atomic E-state index is 0.0657. The van der Waals surface area contributed by atoms with Gasteiger partial charge in [0.1, 0.15) is 0 Å². The van der Waals surface area contributed by atoms with Gasteiger partial charge in [0.2, 0.25) is 0 Å². The zero-order chi connectivity index (χ0) is 11.3. The molecule has 0 aromatic rings. The maximum absolute atomic E-state index is 5.46. The summed E-state index contributed by atoms with van der Waals surface area (Å²) >= 11 is 0. The average molecular weight is 213 g/mol. The fourth-order valence-electron chi connectivity index (χ4n) is 2.47. The molecule has 0 amide bonds. The van der Waals surface area contributed by atoms with E-state index in [-0.39, 0.29) is 5.60 Å². The van der Waals surface area contributed by atoms with E-state index in [4.69, 9.17) is 4.74 Å². The van der Waals surface area contributed by atoms with Gasteiger partial charge in [0.15, 0.2) is 0 Å². The molecule has 1 aliphatic rings. The van der Waals surface area contributed by atoms with Gasteiger partial charge in [0.25, 0.3) is 0 Å². The van der Waals surface area contributed by atoms with Gasteiger partial charge in [-0.3, -0.25) is 0 Å². The molecule has 1 fully saturated rings. The summed E-state index contributed by atoms with van der Waals surface area (Å²) < 4.78 is 5.46. The molecule has 0 radical (unpaired) electrons. The van der Waals surface area contributed by atoms with Crippen LogP contribution in [0.1, 0.15) is 52.9 Å². The second-order valence-corrected chi connectivity index (χ2v) is 5.44. The van der Waals surface area contributed by atoms with Crippen LogP contribution in [0.15, 0.2) is 0 Å². The molecule has 2 nitrogen and oxygen atoms in total. The van der Waals surface area contributed by atoms with E-state index in [0.29, 0.717) is 0 Å². The van der Waals surface area contributed by atoms with E-state index in [1.165, 1.54) is 32.1 Å². The Morgan fingerprint density at radius 3 is 2.67 bits per heavy atom. The molecule has 90 valence electrons. The van der Waals surface area contributed by atoms with Gasteiger partial charge in [-0.2, -0.15) is 0 Å². The number of hydrogen-bond acceptors (Lipinski definition) is 2. The van der Waals surface area contributed by atoms with Crippen LogP contribution < -0.4 is 5.32 Å². The highest BCUT2D eigenvalue weighted by Gasteiger charge is 2.26. The summed E-state index contributed by atoms with van der Waals surface area (Å²) in [7, 11) is 1.82. The molecule has 2 heteroatoms. The maximum atomic E-state index is 5.46.